The highest BCUT2D eigenvalue weighted by molar-refractivity contribution is 14.1. The molecule has 0 atom stereocenters. The van der Waals surface area contributed by atoms with Crippen LogP contribution in [0.1, 0.15) is 31.8 Å². The summed E-state index contributed by atoms with van der Waals surface area (Å²) in [6.07, 6.45) is 0.280. The molecule has 6 aromatic rings. The van der Waals surface area contributed by atoms with Gasteiger partial charge in [-0.1, -0.05) is 48.5 Å². The molecular formula is C37H24I2N2O10. The number of phenols is 2. The third-order valence-electron chi connectivity index (χ3n) is 7.52. The smallest absolute Gasteiger partial charge is 0.339 e. The van der Waals surface area contributed by atoms with Crippen LogP contribution in [0.25, 0.3) is 21.5 Å². The van der Waals surface area contributed by atoms with Crippen molar-refractivity contribution in [3.63, 3.8) is 0 Å². The summed E-state index contributed by atoms with van der Waals surface area (Å²) in [5.74, 6) is -2.32. The number of hydrogen-bond acceptors (Lipinski definition) is 10. The second-order valence-electron chi connectivity index (χ2n) is 10.6. The molecule has 256 valence electrons. The maximum Gasteiger partial charge on any atom is 0.339 e. The monoisotopic (exact) mass is 906 g/mol. The minimum absolute atomic E-state index is 0.0717. The van der Waals surface area contributed by atoms with E-state index in [1.54, 1.807) is 24.3 Å². The van der Waals surface area contributed by atoms with E-state index in [2.05, 4.69) is 10.2 Å². The minimum Gasteiger partial charge on any atom is -0.507 e. The van der Waals surface area contributed by atoms with E-state index in [0.717, 1.165) is 30.7 Å². The highest BCUT2D eigenvalue weighted by atomic mass is 125. The molecule has 0 aliphatic carbocycles. The molecule has 0 aliphatic rings. The second kappa shape index (κ2) is 16.4. The number of aromatic carboxylic acids is 2. The number of azo groups is 1. The summed E-state index contributed by atoms with van der Waals surface area (Å²) in [6.45, 7) is 0.593. The van der Waals surface area contributed by atoms with Crippen LogP contribution in [-0.4, -0.2) is 45.3 Å². The van der Waals surface area contributed by atoms with Gasteiger partial charge >= 0.3 is 11.9 Å². The number of halogens is 2. The number of carboxylic acids is 2. The van der Waals surface area contributed by atoms with Gasteiger partial charge in [-0.15, -0.1) is 0 Å². The Balaban J connectivity index is 0.000000206. The van der Waals surface area contributed by atoms with Crippen LogP contribution >= 0.6 is 45.2 Å². The first kappa shape index (κ1) is 36.7. The van der Waals surface area contributed by atoms with Crippen molar-refractivity contribution in [1.29, 1.82) is 0 Å². The van der Waals surface area contributed by atoms with E-state index in [4.69, 9.17) is 14.6 Å². The maximum atomic E-state index is 11.8. The summed E-state index contributed by atoms with van der Waals surface area (Å²) in [6, 6.07) is 27.1. The van der Waals surface area contributed by atoms with E-state index >= 15 is 0 Å². The fraction of sp³-hybridized carbons (Fsp3) is 0.0270. The summed E-state index contributed by atoms with van der Waals surface area (Å²) >= 11 is 4.05. The number of carbonyl (C=O) groups is 4. The van der Waals surface area contributed by atoms with Crippen LogP contribution in [0, 0.1) is 7.14 Å². The molecule has 0 aliphatic heterocycles. The zero-order chi connectivity index (χ0) is 36.7. The first-order chi connectivity index (χ1) is 24.5. The SMILES string of the molecule is O=COc1cc(N=Nc2ccc(O)c(C(=O)O)c2)ccc1[125I].O=COc1cc2ccccc2c(Cc2c([125I])c(C(=O)O)cc3ccccc23)c1O. The Bertz CT molecular complexity index is 2360. The van der Waals surface area contributed by atoms with Crippen LogP contribution in [0.2, 0.25) is 0 Å². The Kier molecular flexibility index (Phi) is 11.8. The molecule has 0 heterocycles. The lowest BCUT2D eigenvalue weighted by Crippen LogP contribution is -2.05. The lowest BCUT2D eigenvalue weighted by Gasteiger charge is -2.16. The highest BCUT2D eigenvalue weighted by Gasteiger charge is 2.20. The predicted octanol–water partition coefficient (Wildman–Crippen LogP) is 8.77. The van der Waals surface area contributed by atoms with Crippen LogP contribution in [0.4, 0.5) is 11.4 Å². The van der Waals surface area contributed by atoms with Crippen molar-refractivity contribution in [3.05, 3.63) is 126 Å². The lowest BCUT2D eigenvalue weighted by molar-refractivity contribution is -0.121. The van der Waals surface area contributed by atoms with Gasteiger partial charge in [0.05, 0.1) is 20.5 Å². The molecule has 4 N–H and O–H groups in total. The van der Waals surface area contributed by atoms with Crippen molar-refractivity contribution in [3.8, 4) is 23.0 Å². The van der Waals surface area contributed by atoms with Gasteiger partial charge in [0.2, 0.25) is 0 Å². The van der Waals surface area contributed by atoms with Crippen molar-refractivity contribution in [2.24, 2.45) is 10.2 Å². The van der Waals surface area contributed by atoms with Gasteiger partial charge in [0, 0.05) is 21.6 Å². The zero-order valence-electron chi connectivity index (χ0n) is 26.0. The molecule has 6 aromatic carbocycles. The van der Waals surface area contributed by atoms with Crippen LogP contribution in [0.3, 0.4) is 0 Å². The molecule has 0 bridgehead atoms. The van der Waals surface area contributed by atoms with Crippen LogP contribution < -0.4 is 9.47 Å². The standard InChI is InChI=1S/C23H15IO5.C14H9IN2O5/c24-21-17(15-7-3-1-5-13(15)9-19(21)23(27)28)11-18-16-8-4-2-6-14(16)10-20(22(18)26)29-12-25;15-11-3-1-9(6-13(11)22-7-18)17-16-8-2-4-12(19)10(5-8)14(20)21/h1-10,12,26H,11H2,(H,27,28);1-7,19H,(H,20,21)/i24-2;15-2. The molecular weight excluding hydrogens is 882 g/mol. The normalized spacial score (nSPS) is 10.8. The van der Waals surface area contributed by atoms with Gasteiger partial charge in [0.15, 0.2) is 11.5 Å². The number of ether oxygens (including phenoxy) is 2. The van der Waals surface area contributed by atoms with Gasteiger partial charge < -0.3 is 29.9 Å². The van der Waals surface area contributed by atoms with E-state index in [1.165, 1.54) is 24.3 Å². The molecule has 0 fully saturated rings. The van der Waals surface area contributed by atoms with Crippen molar-refractivity contribution >= 4 is 103 Å². The summed E-state index contributed by atoms with van der Waals surface area (Å²) in [4.78, 5) is 44.0. The van der Waals surface area contributed by atoms with E-state index < -0.39 is 11.9 Å². The minimum atomic E-state index is -1.26. The van der Waals surface area contributed by atoms with Crippen LogP contribution in [0.5, 0.6) is 23.0 Å². The Morgan fingerprint density at radius 2 is 1.20 bits per heavy atom. The van der Waals surface area contributed by atoms with Crippen LogP contribution in [-0.2, 0) is 16.0 Å². The van der Waals surface area contributed by atoms with Crippen molar-refractivity contribution in [1.82, 2.24) is 0 Å². The third-order valence-corrected chi connectivity index (χ3v) is 9.64. The highest BCUT2D eigenvalue weighted by Crippen LogP contribution is 2.40. The largest absolute Gasteiger partial charge is 0.507 e. The van der Waals surface area contributed by atoms with E-state index in [1.807, 2.05) is 93.7 Å². The number of nitrogens with zero attached hydrogens (tertiary/aromatic N) is 2. The molecule has 51 heavy (non-hydrogen) atoms. The molecule has 6 rings (SSSR count). The lowest BCUT2D eigenvalue weighted by atomic mass is 9.92. The molecule has 0 unspecified atom stereocenters. The molecule has 14 heteroatoms. The van der Waals surface area contributed by atoms with Gasteiger partial charge in [-0.25, -0.2) is 9.59 Å². The third kappa shape index (κ3) is 8.41. The van der Waals surface area contributed by atoms with E-state index in [9.17, 15) is 34.5 Å². The number of hydrogen-bond donors (Lipinski definition) is 4. The summed E-state index contributed by atoms with van der Waals surface area (Å²) in [5.41, 5.74) is 2.02. The maximum absolute atomic E-state index is 11.8. The number of aromatic hydroxyl groups is 2. The fourth-order valence-corrected chi connectivity index (χ4v) is 6.51. The number of carbonyl (C=O) groups excluding carboxylic acids is 2. The van der Waals surface area contributed by atoms with Gasteiger partial charge in [0.1, 0.15) is 17.1 Å². The number of rotatable bonds is 10. The van der Waals surface area contributed by atoms with Crippen molar-refractivity contribution < 1.29 is 49.1 Å². The van der Waals surface area contributed by atoms with Gasteiger partial charge in [-0.05, 0) is 115 Å². The average Bonchev–Trinajstić information content (AvgIpc) is 3.12. The zero-order valence-corrected chi connectivity index (χ0v) is 30.3. The first-order valence-electron chi connectivity index (χ1n) is 14.7. The summed E-state index contributed by atoms with van der Waals surface area (Å²) < 4.78 is 11.1. The molecule has 0 saturated heterocycles. The molecule has 0 spiro atoms. The van der Waals surface area contributed by atoms with Gasteiger partial charge in [0.25, 0.3) is 12.9 Å². The van der Waals surface area contributed by atoms with Gasteiger partial charge in [-0.3, -0.25) is 9.59 Å². The second-order valence-corrected chi connectivity index (χ2v) is 12.8. The van der Waals surface area contributed by atoms with Crippen LogP contribution in [0.15, 0.2) is 107 Å². The molecule has 0 amide bonds. The Hall–Kier alpha value is -5.62. The molecule has 12 nitrogen and oxygen atoms in total. The van der Waals surface area contributed by atoms with E-state index in [-0.39, 0.29) is 47.0 Å². The number of phenolic OH excluding ortho intramolecular Hbond substituents is 1. The Labute approximate surface area is 316 Å². The summed E-state index contributed by atoms with van der Waals surface area (Å²) in [5, 5.41) is 50.0. The van der Waals surface area contributed by atoms with Gasteiger partial charge in [-0.2, -0.15) is 10.2 Å². The van der Waals surface area contributed by atoms with Crippen molar-refractivity contribution in [2.75, 3.05) is 0 Å². The van der Waals surface area contributed by atoms with E-state index in [0.29, 0.717) is 27.0 Å². The molecule has 0 saturated carbocycles. The quantitative estimate of drug-likeness (QED) is 0.0587. The van der Waals surface area contributed by atoms with Crippen molar-refractivity contribution in [2.45, 2.75) is 6.42 Å². The summed E-state index contributed by atoms with van der Waals surface area (Å²) in [7, 11) is 0. The number of carboxylic acid groups (broad SMARTS) is 2. The number of fused-ring (bicyclic) bond motifs is 2. The average molecular weight is 906 g/mol. The number of benzene rings is 6. The predicted molar refractivity (Wildman–Crippen MR) is 204 cm³/mol. The first-order valence-corrected chi connectivity index (χ1v) is 16.8. The molecule has 0 radical (unpaired) electrons. The Morgan fingerprint density at radius 1 is 0.647 bits per heavy atom. The Morgan fingerprint density at radius 3 is 1.82 bits per heavy atom. The topological polar surface area (TPSA) is 192 Å². The fourth-order valence-electron chi connectivity index (χ4n) is 5.18. The molecule has 0 aromatic heterocycles.